The number of hydrogen-bond donors (Lipinski definition) is 0. The van der Waals surface area contributed by atoms with Crippen molar-refractivity contribution in [3.05, 3.63) is 66.6 Å². The summed E-state index contributed by atoms with van der Waals surface area (Å²) in [5, 5.41) is 0. The Morgan fingerprint density at radius 1 is 0.600 bits per heavy atom. The van der Waals surface area contributed by atoms with Crippen LogP contribution in [-0.4, -0.2) is 56.1 Å². The zero-order chi connectivity index (χ0) is 22.6. The molecule has 0 bridgehead atoms. The van der Waals surface area contributed by atoms with Crippen LogP contribution in [0.5, 0.6) is 0 Å². The molecule has 0 saturated carbocycles. The van der Waals surface area contributed by atoms with Crippen LogP contribution in [0, 0.1) is 41.5 Å². The van der Waals surface area contributed by atoms with Gasteiger partial charge in [0.25, 0.3) is 0 Å². The molecule has 0 heterocycles. The second-order valence-electron chi connectivity index (χ2n) is 7.30. The molecule has 160 valence electrons. The van der Waals surface area contributed by atoms with E-state index >= 15 is 0 Å². The van der Waals surface area contributed by atoms with Gasteiger partial charge in [-0.1, -0.05) is 0 Å². The zero-order valence-corrected chi connectivity index (χ0v) is 22.2. The molecular weight excluding hydrogens is 510 g/mol. The first-order valence-electron chi connectivity index (χ1n) is 9.51. The Balaban J connectivity index is 2.68. The number of hydrogen-bond acceptors (Lipinski definition) is 4. The molecule has 0 saturated heterocycles. The maximum atomic E-state index is 12.8. The number of rotatable bonds is 6. The van der Waals surface area contributed by atoms with E-state index in [1.807, 2.05) is 27.7 Å². The van der Waals surface area contributed by atoms with Crippen molar-refractivity contribution in [3.63, 3.8) is 0 Å². The van der Waals surface area contributed by atoms with Gasteiger partial charge < -0.3 is 0 Å². The van der Waals surface area contributed by atoms with Gasteiger partial charge in [0.2, 0.25) is 0 Å². The van der Waals surface area contributed by atoms with Gasteiger partial charge in [-0.15, -0.1) is 0 Å². The Bertz CT molecular complexity index is 894. The van der Waals surface area contributed by atoms with Gasteiger partial charge in [0, 0.05) is 0 Å². The molecule has 0 aliphatic carbocycles. The summed E-state index contributed by atoms with van der Waals surface area (Å²) in [6, 6.07) is 8.43. The molecule has 0 atom stereocenters. The van der Waals surface area contributed by atoms with Crippen LogP contribution in [0.15, 0.2) is 33.2 Å². The minimum atomic E-state index is -0.459. The van der Waals surface area contributed by atoms with E-state index in [9.17, 15) is 9.59 Å². The molecule has 0 aromatic heterocycles. The van der Waals surface area contributed by atoms with Gasteiger partial charge in [-0.25, -0.2) is 0 Å². The van der Waals surface area contributed by atoms with Crippen LogP contribution < -0.4 is 8.92 Å². The SMILES string of the molecule is COC(=O)/C([Se]c1c(C)cc(C)cc1C)=C(\[Se]c1c(C)cc(C)cc1C)C(=O)OC. The van der Waals surface area contributed by atoms with Crippen LogP contribution in [0.25, 0.3) is 0 Å². The fourth-order valence-electron chi connectivity index (χ4n) is 3.41. The standard InChI is InChI=1S/C24H28O4Se2/c1-13-9-15(3)19(16(4)10-13)29-21(23(25)27-7)22(24(26)28-8)30-20-17(5)11-14(2)12-18(20)6/h9-12H,1-8H3/b22-21+. The average Bonchev–Trinajstić information content (AvgIpc) is 2.66. The van der Waals surface area contributed by atoms with Crippen LogP contribution >= 0.6 is 0 Å². The molecule has 2 rings (SSSR count). The first kappa shape index (κ1) is 24.4. The predicted octanol–water partition coefficient (Wildman–Crippen LogP) is 2.45. The summed E-state index contributed by atoms with van der Waals surface area (Å²) in [4.78, 5) is 25.6. The first-order chi connectivity index (χ1) is 14.1. The summed E-state index contributed by atoms with van der Waals surface area (Å²) < 4.78 is 13.3. The quantitative estimate of drug-likeness (QED) is 0.322. The van der Waals surface area contributed by atoms with E-state index in [-0.39, 0.29) is 29.9 Å². The van der Waals surface area contributed by atoms with E-state index in [0.717, 1.165) is 31.2 Å². The van der Waals surface area contributed by atoms with Crippen molar-refractivity contribution in [1.29, 1.82) is 0 Å². The van der Waals surface area contributed by atoms with Crippen molar-refractivity contribution >= 4 is 50.8 Å². The number of aryl methyl sites for hydroxylation is 6. The van der Waals surface area contributed by atoms with Crippen LogP contribution in [-0.2, 0) is 19.1 Å². The van der Waals surface area contributed by atoms with Gasteiger partial charge >= 0.3 is 192 Å². The van der Waals surface area contributed by atoms with E-state index in [2.05, 4.69) is 38.1 Å². The Kier molecular flexibility index (Phi) is 8.51. The topological polar surface area (TPSA) is 52.6 Å². The monoisotopic (exact) mass is 540 g/mol. The molecule has 6 heteroatoms. The van der Waals surface area contributed by atoms with Gasteiger partial charge in [0.15, 0.2) is 0 Å². The predicted molar refractivity (Wildman–Crippen MR) is 123 cm³/mol. The van der Waals surface area contributed by atoms with Crippen molar-refractivity contribution in [1.82, 2.24) is 0 Å². The molecule has 0 aliphatic heterocycles. The molecule has 0 fully saturated rings. The zero-order valence-electron chi connectivity index (χ0n) is 18.8. The minimum absolute atomic E-state index is 0.382. The van der Waals surface area contributed by atoms with Gasteiger partial charge in [-0.05, 0) is 0 Å². The van der Waals surface area contributed by atoms with Crippen molar-refractivity contribution in [3.8, 4) is 0 Å². The third kappa shape index (κ3) is 5.65. The van der Waals surface area contributed by atoms with Crippen molar-refractivity contribution < 1.29 is 19.1 Å². The second-order valence-corrected chi connectivity index (χ2v) is 11.6. The van der Waals surface area contributed by atoms with Crippen molar-refractivity contribution in [2.24, 2.45) is 0 Å². The van der Waals surface area contributed by atoms with E-state index in [4.69, 9.17) is 9.47 Å². The molecule has 0 radical (unpaired) electrons. The van der Waals surface area contributed by atoms with Crippen LogP contribution in [0.3, 0.4) is 0 Å². The third-order valence-corrected chi connectivity index (χ3v) is 11.2. The molecule has 30 heavy (non-hydrogen) atoms. The van der Waals surface area contributed by atoms with Gasteiger partial charge in [0.05, 0.1) is 0 Å². The van der Waals surface area contributed by atoms with E-state index < -0.39 is 11.9 Å². The van der Waals surface area contributed by atoms with Crippen LogP contribution in [0.4, 0.5) is 0 Å². The molecule has 0 aliphatic rings. The molecule has 0 amide bonds. The van der Waals surface area contributed by atoms with Crippen molar-refractivity contribution in [2.75, 3.05) is 14.2 Å². The fourth-order valence-corrected chi connectivity index (χ4v) is 8.46. The van der Waals surface area contributed by atoms with Gasteiger partial charge in [-0.2, -0.15) is 0 Å². The number of carbonyl (C=O) groups excluding carboxylic acids is 2. The summed E-state index contributed by atoms with van der Waals surface area (Å²) in [5.74, 6) is -0.918. The Hall–Kier alpha value is -1.84. The number of esters is 2. The third-order valence-electron chi connectivity index (χ3n) is 4.57. The first-order valence-corrected chi connectivity index (χ1v) is 12.9. The molecule has 0 spiro atoms. The van der Waals surface area contributed by atoms with E-state index in [1.165, 1.54) is 25.3 Å². The fraction of sp³-hybridized carbons (Fsp3) is 0.333. The average molecular weight is 538 g/mol. The van der Waals surface area contributed by atoms with Crippen LogP contribution in [0.2, 0.25) is 0 Å². The Morgan fingerprint density at radius 3 is 1.10 bits per heavy atom. The summed E-state index contributed by atoms with van der Waals surface area (Å²) in [6.45, 7) is 12.3. The second kappa shape index (κ2) is 10.5. The normalized spacial score (nSPS) is 11.7. The number of methoxy groups -OCH3 is 2. The van der Waals surface area contributed by atoms with E-state index in [1.54, 1.807) is 0 Å². The molecule has 0 N–H and O–H groups in total. The summed E-state index contributed by atoms with van der Waals surface area (Å²) >= 11 is -0.764. The number of carbonyl (C=O) groups is 2. The van der Waals surface area contributed by atoms with Gasteiger partial charge in [-0.3, -0.25) is 0 Å². The molecule has 2 aromatic carbocycles. The molecule has 0 unspecified atom stereocenters. The summed E-state index contributed by atoms with van der Waals surface area (Å²) in [6.07, 6.45) is 0. The molecular formula is C24H28O4Se2. The maximum absolute atomic E-state index is 12.8. The van der Waals surface area contributed by atoms with Gasteiger partial charge in [0.1, 0.15) is 0 Å². The molecule has 2 aromatic rings. The van der Waals surface area contributed by atoms with Crippen molar-refractivity contribution in [2.45, 2.75) is 41.5 Å². The van der Waals surface area contributed by atoms with E-state index in [0.29, 0.717) is 8.94 Å². The summed E-state index contributed by atoms with van der Waals surface area (Å²) in [7, 11) is 2.72. The Labute approximate surface area is 191 Å². The number of benzene rings is 2. The summed E-state index contributed by atoms with van der Waals surface area (Å²) in [5.41, 5.74) is 6.83. The molecule has 4 nitrogen and oxygen atoms in total. The Morgan fingerprint density at radius 2 is 0.867 bits per heavy atom. The number of ether oxygens (including phenoxy) is 2. The van der Waals surface area contributed by atoms with Crippen LogP contribution in [0.1, 0.15) is 33.4 Å².